The highest BCUT2D eigenvalue weighted by atomic mass is 79.9. The van der Waals surface area contributed by atoms with Crippen molar-refractivity contribution in [3.05, 3.63) is 57.5 Å². The first-order valence-corrected chi connectivity index (χ1v) is 7.78. The van der Waals surface area contributed by atoms with Crippen molar-refractivity contribution in [1.82, 2.24) is 0 Å². The van der Waals surface area contributed by atoms with Gasteiger partial charge >= 0.3 is 0 Å². The van der Waals surface area contributed by atoms with Gasteiger partial charge in [-0.2, -0.15) is 0 Å². The van der Waals surface area contributed by atoms with Crippen molar-refractivity contribution in [3.8, 4) is 5.75 Å². The van der Waals surface area contributed by atoms with Gasteiger partial charge in [-0.1, -0.05) is 27.5 Å². The van der Waals surface area contributed by atoms with E-state index < -0.39 is 0 Å². The number of carbonyl (C=O) groups is 1. The Balaban J connectivity index is 1.66. The molecule has 0 saturated heterocycles. The third kappa shape index (κ3) is 3.22. The molecule has 21 heavy (non-hydrogen) atoms. The fourth-order valence-corrected chi connectivity index (χ4v) is 2.92. The maximum absolute atomic E-state index is 12.3. The number of hydrogen-bond donors (Lipinski definition) is 0. The number of ether oxygens (including phenoxy) is 1. The lowest BCUT2D eigenvalue weighted by Gasteiger charge is -2.17. The summed E-state index contributed by atoms with van der Waals surface area (Å²) in [5.74, 6) is 0.606. The average molecular weight is 367 g/mol. The number of benzene rings is 2. The molecule has 0 saturated carbocycles. The quantitative estimate of drug-likeness (QED) is 0.819. The van der Waals surface area contributed by atoms with E-state index in [-0.39, 0.29) is 12.5 Å². The standard InChI is InChI=1S/C16H13BrClNO2/c17-12-1-6-15-11(9-12)7-8-19(15)16(20)10-21-14-4-2-13(18)3-5-14/h1-6,9H,7-8,10H2. The van der Waals surface area contributed by atoms with E-state index in [4.69, 9.17) is 16.3 Å². The minimum absolute atomic E-state index is 0.0249. The van der Waals surface area contributed by atoms with Crippen molar-refractivity contribution < 1.29 is 9.53 Å². The highest BCUT2D eigenvalue weighted by molar-refractivity contribution is 9.10. The molecular formula is C16H13BrClNO2. The largest absolute Gasteiger partial charge is 0.484 e. The van der Waals surface area contributed by atoms with Crippen molar-refractivity contribution in [2.75, 3.05) is 18.1 Å². The van der Waals surface area contributed by atoms with Crippen LogP contribution in [0.4, 0.5) is 5.69 Å². The summed E-state index contributed by atoms with van der Waals surface area (Å²) in [5, 5.41) is 0.646. The fourth-order valence-electron chi connectivity index (χ4n) is 2.38. The van der Waals surface area contributed by atoms with Gasteiger partial charge in [0.1, 0.15) is 5.75 Å². The number of fused-ring (bicyclic) bond motifs is 1. The van der Waals surface area contributed by atoms with Crippen LogP contribution in [0.2, 0.25) is 5.02 Å². The molecule has 0 fully saturated rings. The second-order valence-electron chi connectivity index (χ2n) is 4.81. The molecule has 0 radical (unpaired) electrons. The van der Waals surface area contributed by atoms with Crippen LogP contribution in [0, 0.1) is 0 Å². The van der Waals surface area contributed by atoms with Crippen LogP contribution >= 0.6 is 27.5 Å². The van der Waals surface area contributed by atoms with E-state index in [0.717, 1.165) is 16.6 Å². The lowest BCUT2D eigenvalue weighted by atomic mass is 10.2. The summed E-state index contributed by atoms with van der Waals surface area (Å²) in [4.78, 5) is 14.1. The van der Waals surface area contributed by atoms with Crippen molar-refractivity contribution in [1.29, 1.82) is 0 Å². The average Bonchev–Trinajstić information content (AvgIpc) is 2.89. The summed E-state index contributed by atoms with van der Waals surface area (Å²) in [6.45, 7) is 0.728. The topological polar surface area (TPSA) is 29.5 Å². The molecule has 0 unspecified atom stereocenters. The molecular weight excluding hydrogens is 354 g/mol. The Kier molecular flexibility index (Phi) is 4.17. The van der Waals surface area contributed by atoms with Gasteiger partial charge in [0.05, 0.1) is 0 Å². The second kappa shape index (κ2) is 6.08. The summed E-state index contributed by atoms with van der Waals surface area (Å²) in [6.07, 6.45) is 0.876. The lowest BCUT2D eigenvalue weighted by molar-refractivity contribution is -0.120. The first kappa shape index (κ1) is 14.4. The predicted octanol–water partition coefficient (Wildman–Crippen LogP) is 4.07. The molecule has 0 spiro atoms. The van der Waals surface area contributed by atoms with Crippen LogP contribution in [-0.4, -0.2) is 19.1 Å². The number of hydrogen-bond acceptors (Lipinski definition) is 2. The van der Waals surface area contributed by atoms with Gasteiger partial charge in [0.2, 0.25) is 0 Å². The fraction of sp³-hybridized carbons (Fsp3) is 0.188. The maximum Gasteiger partial charge on any atom is 0.264 e. The van der Waals surface area contributed by atoms with Crippen molar-refractivity contribution in [3.63, 3.8) is 0 Å². The minimum atomic E-state index is -0.0361. The molecule has 2 aromatic carbocycles. The first-order chi connectivity index (χ1) is 10.1. The van der Waals surface area contributed by atoms with Gasteiger partial charge in [0.15, 0.2) is 6.61 Å². The van der Waals surface area contributed by atoms with Gasteiger partial charge in [-0.3, -0.25) is 4.79 Å². The predicted molar refractivity (Wildman–Crippen MR) is 87.1 cm³/mol. The van der Waals surface area contributed by atoms with Crippen molar-refractivity contribution >= 4 is 39.1 Å². The number of nitrogens with zero attached hydrogens (tertiary/aromatic N) is 1. The number of halogens is 2. The van der Waals surface area contributed by atoms with Crippen molar-refractivity contribution in [2.24, 2.45) is 0 Å². The number of anilines is 1. The highest BCUT2D eigenvalue weighted by Crippen LogP contribution is 2.30. The summed E-state index contributed by atoms with van der Waals surface area (Å²) in [7, 11) is 0. The molecule has 0 N–H and O–H groups in total. The molecule has 3 nitrogen and oxygen atoms in total. The Morgan fingerprint density at radius 3 is 2.76 bits per heavy atom. The van der Waals surface area contributed by atoms with Crippen molar-refractivity contribution in [2.45, 2.75) is 6.42 Å². The smallest absolute Gasteiger partial charge is 0.264 e. The molecule has 2 aromatic rings. The molecule has 0 atom stereocenters. The van der Waals surface area contributed by atoms with Crippen LogP contribution in [-0.2, 0) is 11.2 Å². The van der Waals surface area contributed by atoms with Gasteiger partial charge in [-0.05, 0) is 54.4 Å². The van der Waals surface area contributed by atoms with Crippen LogP contribution in [0.25, 0.3) is 0 Å². The van der Waals surface area contributed by atoms with Gasteiger partial charge in [0, 0.05) is 21.7 Å². The molecule has 1 heterocycles. The maximum atomic E-state index is 12.3. The molecule has 0 aromatic heterocycles. The monoisotopic (exact) mass is 365 g/mol. The Hall–Kier alpha value is -1.52. The van der Waals surface area contributed by atoms with Gasteiger partial charge < -0.3 is 9.64 Å². The SMILES string of the molecule is O=C(COc1ccc(Cl)cc1)N1CCc2cc(Br)ccc21. The minimum Gasteiger partial charge on any atom is -0.484 e. The number of amides is 1. The molecule has 1 aliphatic heterocycles. The van der Waals surface area contributed by atoms with Crippen LogP contribution < -0.4 is 9.64 Å². The zero-order valence-corrected chi connectivity index (χ0v) is 13.5. The summed E-state index contributed by atoms with van der Waals surface area (Å²) in [5.41, 5.74) is 2.16. The van der Waals surface area contributed by atoms with Crippen LogP contribution in [0.1, 0.15) is 5.56 Å². The van der Waals surface area contributed by atoms with Gasteiger partial charge in [-0.25, -0.2) is 0 Å². The van der Waals surface area contributed by atoms with Crippen LogP contribution in [0.3, 0.4) is 0 Å². The third-order valence-corrected chi connectivity index (χ3v) is 4.16. The number of carbonyl (C=O) groups excluding carboxylic acids is 1. The third-order valence-electron chi connectivity index (χ3n) is 3.41. The first-order valence-electron chi connectivity index (χ1n) is 6.60. The zero-order chi connectivity index (χ0) is 14.8. The Bertz CT molecular complexity index is 672. The van der Waals surface area contributed by atoms with E-state index in [1.54, 1.807) is 29.2 Å². The molecule has 1 aliphatic rings. The number of rotatable bonds is 3. The van der Waals surface area contributed by atoms with Gasteiger partial charge in [-0.15, -0.1) is 0 Å². The molecule has 1 amide bonds. The second-order valence-corrected chi connectivity index (χ2v) is 6.16. The summed E-state index contributed by atoms with van der Waals surface area (Å²) in [6, 6.07) is 13.0. The van der Waals surface area contributed by atoms with E-state index in [1.807, 2.05) is 12.1 Å². The highest BCUT2D eigenvalue weighted by Gasteiger charge is 2.24. The summed E-state index contributed by atoms with van der Waals surface area (Å²) < 4.78 is 6.55. The van der Waals surface area contributed by atoms with E-state index in [0.29, 0.717) is 17.3 Å². The molecule has 108 valence electrons. The Morgan fingerprint density at radius 2 is 2.00 bits per heavy atom. The summed E-state index contributed by atoms with van der Waals surface area (Å²) >= 11 is 9.26. The van der Waals surface area contributed by atoms with E-state index in [1.165, 1.54) is 5.56 Å². The molecule has 5 heteroatoms. The lowest BCUT2D eigenvalue weighted by Crippen LogP contribution is -2.33. The molecule has 3 rings (SSSR count). The van der Waals surface area contributed by atoms with E-state index in [2.05, 4.69) is 22.0 Å². The van der Waals surface area contributed by atoms with Crippen LogP contribution in [0.5, 0.6) is 5.75 Å². The molecule has 0 bridgehead atoms. The van der Waals surface area contributed by atoms with Crippen LogP contribution in [0.15, 0.2) is 46.9 Å². The van der Waals surface area contributed by atoms with Gasteiger partial charge in [0.25, 0.3) is 5.91 Å². The van der Waals surface area contributed by atoms with E-state index >= 15 is 0 Å². The van der Waals surface area contributed by atoms with E-state index in [9.17, 15) is 4.79 Å². The normalized spacial score (nSPS) is 13.1. The molecule has 0 aliphatic carbocycles. The Morgan fingerprint density at radius 1 is 1.24 bits per heavy atom. The Labute approximate surface area is 136 Å². The zero-order valence-electron chi connectivity index (χ0n) is 11.2.